The third-order valence-electron chi connectivity index (χ3n) is 3.22. The highest BCUT2D eigenvalue weighted by molar-refractivity contribution is 7.17. The lowest BCUT2D eigenvalue weighted by molar-refractivity contribution is 0.0936. The number of anilines is 1. The first-order chi connectivity index (χ1) is 8.36. The zero-order valence-electron chi connectivity index (χ0n) is 11.1. The van der Waals surface area contributed by atoms with Crippen LogP contribution in [0.15, 0.2) is 6.20 Å². The monoisotopic (exact) mass is 268 g/mol. The van der Waals surface area contributed by atoms with Crippen molar-refractivity contribution < 1.29 is 4.79 Å². The van der Waals surface area contributed by atoms with Gasteiger partial charge in [0.05, 0.1) is 6.20 Å². The number of aromatic nitrogens is 1. The molecule has 0 spiro atoms. The maximum absolute atomic E-state index is 12.0. The van der Waals surface area contributed by atoms with Gasteiger partial charge < -0.3 is 11.1 Å². The van der Waals surface area contributed by atoms with E-state index in [0.717, 1.165) is 19.5 Å². The number of amides is 1. The molecule has 6 heteroatoms. The van der Waals surface area contributed by atoms with Gasteiger partial charge >= 0.3 is 0 Å². The van der Waals surface area contributed by atoms with Crippen molar-refractivity contribution in [2.75, 3.05) is 18.8 Å². The summed E-state index contributed by atoms with van der Waals surface area (Å²) in [4.78, 5) is 18.8. The third-order valence-corrected chi connectivity index (χ3v) is 4.04. The van der Waals surface area contributed by atoms with E-state index in [4.69, 9.17) is 5.73 Å². The number of nitrogens with two attached hydrogens (primary N) is 1. The van der Waals surface area contributed by atoms with Gasteiger partial charge in [0.25, 0.3) is 5.91 Å². The minimum Gasteiger partial charge on any atom is -0.375 e. The summed E-state index contributed by atoms with van der Waals surface area (Å²) in [5.74, 6) is -0.0649. The number of rotatable bonds is 2. The van der Waals surface area contributed by atoms with Crippen LogP contribution in [0.5, 0.6) is 0 Å². The van der Waals surface area contributed by atoms with Crippen molar-refractivity contribution in [2.45, 2.75) is 38.8 Å². The molecule has 1 amide bonds. The molecule has 1 aliphatic rings. The molecule has 3 N–H and O–H groups in total. The predicted octanol–water partition coefficient (Wildman–Crippen LogP) is 1.33. The first-order valence-electron chi connectivity index (χ1n) is 6.13. The zero-order valence-corrected chi connectivity index (χ0v) is 11.9. The summed E-state index contributed by atoms with van der Waals surface area (Å²) in [5.41, 5.74) is 5.68. The average molecular weight is 268 g/mol. The molecular formula is C12H20N4OS. The lowest BCUT2D eigenvalue weighted by Gasteiger charge is -2.31. The van der Waals surface area contributed by atoms with Crippen molar-refractivity contribution in [3.05, 3.63) is 11.1 Å². The molecule has 0 bridgehead atoms. The van der Waals surface area contributed by atoms with Crippen LogP contribution in [-0.4, -0.2) is 40.5 Å². The van der Waals surface area contributed by atoms with Crippen molar-refractivity contribution in [2.24, 2.45) is 0 Å². The van der Waals surface area contributed by atoms with E-state index in [1.165, 1.54) is 17.5 Å². The SMILES string of the molecule is CC(C)(C)N1CC[C@H](NC(=O)c2cnc(N)s2)C1. The van der Waals surface area contributed by atoms with Crippen molar-refractivity contribution in [3.8, 4) is 0 Å². The van der Waals surface area contributed by atoms with Crippen LogP contribution in [0, 0.1) is 0 Å². The largest absolute Gasteiger partial charge is 0.375 e. The fraction of sp³-hybridized carbons (Fsp3) is 0.667. The summed E-state index contributed by atoms with van der Waals surface area (Å²) in [6.45, 7) is 8.52. The van der Waals surface area contributed by atoms with E-state index in [0.29, 0.717) is 10.0 Å². The van der Waals surface area contributed by atoms with Crippen LogP contribution >= 0.6 is 11.3 Å². The van der Waals surface area contributed by atoms with Gasteiger partial charge in [-0.2, -0.15) is 0 Å². The summed E-state index contributed by atoms with van der Waals surface area (Å²) in [6, 6.07) is 0.222. The molecule has 0 aromatic carbocycles. The minimum atomic E-state index is -0.0649. The van der Waals surface area contributed by atoms with E-state index in [-0.39, 0.29) is 17.5 Å². The van der Waals surface area contributed by atoms with E-state index in [2.05, 4.69) is 36.0 Å². The number of hydrogen-bond acceptors (Lipinski definition) is 5. The second-order valence-corrected chi connectivity index (χ2v) is 6.70. The smallest absolute Gasteiger partial charge is 0.263 e. The number of carbonyl (C=O) groups is 1. The number of nitrogens with zero attached hydrogens (tertiary/aromatic N) is 2. The van der Waals surface area contributed by atoms with Crippen LogP contribution in [-0.2, 0) is 0 Å². The molecule has 0 radical (unpaired) electrons. The van der Waals surface area contributed by atoms with Crippen molar-refractivity contribution >= 4 is 22.4 Å². The average Bonchev–Trinajstić information content (AvgIpc) is 2.85. The normalized spacial score (nSPS) is 21.2. The second-order valence-electron chi connectivity index (χ2n) is 5.64. The van der Waals surface area contributed by atoms with Crippen LogP contribution in [0.2, 0.25) is 0 Å². The highest BCUT2D eigenvalue weighted by Crippen LogP contribution is 2.21. The molecule has 2 rings (SSSR count). The van der Waals surface area contributed by atoms with E-state index in [1.807, 2.05) is 0 Å². The summed E-state index contributed by atoms with van der Waals surface area (Å²) in [6.07, 6.45) is 2.53. The van der Waals surface area contributed by atoms with Crippen LogP contribution in [0.25, 0.3) is 0 Å². The topological polar surface area (TPSA) is 71.2 Å². The fourth-order valence-electron chi connectivity index (χ4n) is 2.14. The standard InChI is InChI=1S/C12H20N4OS/c1-12(2,3)16-5-4-8(7-16)15-10(17)9-6-14-11(13)18-9/h6,8H,4-5,7H2,1-3H3,(H2,13,14)(H,15,17)/t8-/m0/s1. The molecule has 1 saturated heterocycles. The summed E-state index contributed by atoms with van der Waals surface area (Å²) in [7, 11) is 0. The highest BCUT2D eigenvalue weighted by atomic mass is 32.1. The van der Waals surface area contributed by atoms with Crippen LogP contribution in [0.3, 0.4) is 0 Å². The van der Waals surface area contributed by atoms with Gasteiger partial charge in [-0.1, -0.05) is 11.3 Å². The Bertz CT molecular complexity index is 438. The molecule has 1 aliphatic heterocycles. The number of carbonyl (C=O) groups excluding carboxylic acids is 1. The van der Waals surface area contributed by atoms with E-state index < -0.39 is 0 Å². The maximum atomic E-state index is 12.0. The van der Waals surface area contributed by atoms with Gasteiger partial charge in [0.15, 0.2) is 5.13 Å². The Hall–Kier alpha value is -1.14. The molecule has 1 atom stereocenters. The maximum Gasteiger partial charge on any atom is 0.263 e. The fourth-order valence-corrected chi connectivity index (χ4v) is 2.72. The molecule has 0 aliphatic carbocycles. The number of nitrogen functional groups attached to an aromatic ring is 1. The van der Waals surface area contributed by atoms with Gasteiger partial charge in [0.2, 0.25) is 0 Å². The number of thiazole rings is 1. The van der Waals surface area contributed by atoms with E-state index >= 15 is 0 Å². The van der Waals surface area contributed by atoms with Gasteiger partial charge in [0.1, 0.15) is 4.88 Å². The Balaban J connectivity index is 1.90. The quantitative estimate of drug-likeness (QED) is 0.849. The lowest BCUT2D eigenvalue weighted by atomic mass is 10.1. The van der Waals surface area contributed by atoms with Gasteiger partial charge in [-0.15, -0.1) is 0 Å². The summed E-state index contributed by atoms with van der Waals surface area (Å²) >= 11 is 1.23. The van der Waals surface area contributed by atoms with Crippen molar-refractivity contribution in [1.82, 2.24) is 15.2 Å². The minimum absolute atomic E-state index is 0.0649. The van der Waals surface area contributed by atoms with Gasteiger partial charge in [0, 0.05) is 24.7 Å². The Kier molecular flexibility index (Phi) is 3.59. The molecule has 0 saturated carbocycles. The summed E-state index contributed by atoms with van der Waals surface area (Å²) in [5, 5.41) is 3.48. The molecule has 5 nitrogen and oxygen atoms in total. The summed E-state index contributed by atoms with van der Waals surface area (Å²) < 4.78 is 0. The first-order valence-corrected chi connectivity index (χ1v) is 6.95. The molecule has 1 fully saturated rings. The zero-order chi connectivity index (χ0) is 13.3. The molecule has 0 unspecified atom stereocenters. The molecule has 1 aromatic rings. The van der Waals surface area contributed by atoms with E-state index in [9.17, 15) is 4.79 Å². The second kappa shape index (κ2) is 4.85. The number of likely N-dealkylation sites (tertiary alicyclic amines) is 1. The molecule has 18 heavy (non-hydrogen) atoms. The Labute approximate surface area is 111 Å². The number of hydrogen-bond donors (Lipinski definition) is 2. The van der Waals surface area contributed by atoms with Crippen LogP contribution in [0.4, 0.5) is 5.13 Å². The van der Waals surface area contributed by atoms with Gasteiger partial charge in [-0.25, -0.2) is 4.98 Å². The molecule has 2 heterocycles. The Morgan fingerprint density at radius 3 is 2.83 bits per heavy atom. The lowest BCUT2D eigenvalue weighted by Crippen LogP contribution is -2.43. The van der Waals surface area contributed by atoms with Gasteiger partial charge in [-0.05, 0) is 27.2 Å². The van der Waals surface area contributed by atoms with Crippen molar-refractivity contribution in [3.63, 3.8) is 0 Å². The van der Waals surface area contributed by atoms with Crippen LogP contribution in [0.1, 0.15) is 36.9 Å². The first kappa shape index (κ1) is 13.3. The highest BCUT2D eigenvalue weighted by Gasteiger charge is 2.31. The van der Waals surface area contributed by atoms with E-state index in [1.54, 1.807) is 0 Å². The van der Waals surface area contributed by atoms with Crippen LogP contribution < -0.4 is 11.1 Å². The Morgan fingerprint density at radius 1 is 1.61 bits per heavy atom. The molecular weight excluding hydrogens is 248 g/mol. The Morgan fingerprint density at radius 2 is 2.33 bits per heavy atom. The molecule has 1 aromatic heterocycles. The molecule has 100 valence electrons. The van der Waals surface area contributed by atoms with Gasteiger partial charge in [-0.3, -0.25) is 9.69 Å². The predicted molar refractivity (Wildman–Crippen MR) is 73.7 cm³/mol. The van der Waals surface area contributed by atoms with Crippen molar-refractivity contribution in [1.29, 1.82) is 0 Å². The third kappa shape index (κ3) is 3.00. The number of nitrogens with one attached hydrogen (secondary N) is 1.